The number of guanidine groups is 1. The van der Waals surface area contributed by atoms with Gasteiger partial charge in [0.25, 0.3) is 0 Å². The number of aromatic nitrogens is 1. The molecule has 2 atom stereocenters. The molecular weight excluding hydrogens is 502 g/mol. The minimum absolute atomic E-state index is 0. The van der Waals surface area contributed by atoms with Crippen molar-refractivity contribution in [2.75, 3.05) is 26.2 Å². The zero-order valence-electron chi connectivity index (χ0n) is 17.2. The van der Waals surface area contributed by atoms with Gasteiger partial charge in [-0.1, -0.05) is 12.1 Å². The van der Waals surface area contributed by atoms with Crippen molar-refractivity contribution in [3.63, 3.8) is 0 Å². The van der Waals surface area contributed by atoms with Gasteiger partial charge in [0.15, 0.2) is 5.96 Å². The van der Waals surface area contributed by atoms with Crippen LogP contribution in [0.5, 0.6) is 0 Å². The Hall–Kier alpha value is -1.26. The molecule has 1 aliphatic heterocycles. The molecule has 1 N–H and O–H groups in total. The van der Waals surface area contributed by atoms with Crippen molar-refractivity contribution in [2.45, 2.75) is 45.8 Å². The molecule has 3 rings (SSSR count). The van der Waals surface area contributed by atoms with Gasteiger partial charge in [-0.15, -0.1) is 35.3 Å². The summed E-state index contributed by atoms with van der Waals surface area (Å²) in [5, 5.41) is 6.67. The average molecular weight is 532 g/mol. The Morgan fingerprint density at radius 2 is 2.10 bits per heavy atom. The Bertz CT molecular complexity index is 783. The highest BCUT2D eigenvalue weighted by Crippen LogP contribution is 2.25. The number of nitrogens with one attached hydrogen (secondary N) is 1. The molecule has 5 nitrogen and oxygen atoms in total. The Labute approximate surface area is 193 Å². The lowest BCUT2D eigenvalue weighted by Gasteiger charge is -2.38. The summed E-state index contributed by atoms with van der Waals surface area (Å²) in [4.78, 5) is 11.6. The number of ether oxygens (including phenoxy) is 1. The predicted octanol–water partition coefficient (Wildman–Crippen LogP) is 4.57. The summed E-state index contributed by atoms with van der Waals surface area (Å²) < 4.78 is 19.4. The van der Waals surface area contributed by atoms with Gasteiger partial charge in [-0.2, -0.15) is 0 Å². The molecule has 0 radical (unpaired) electrons. The standard InChI is InChI=1S/C21H29FN4OS.HI/c1-4-23-21(24-11-5-6-20-25-15(2)14-28-20)26-12-16(3)27-19(13-26)17-7-9-18(22)10-8-17;/h7-10,14,16,19H,4-6,11-13H2,1-3H3,(H,23,24);1H. The molecule has 1 aromatic heterocycles. The molecule has 1 fully saturated rings. The molecule has 1 aromatic carbocycles. The second-order valence-electron chi connectivity index (χ2n) is 7.11. The van der Waals surface area contributed by atoms with Gasteiger partial charge in [0, 0.05) is 37.1 Å². The smallest absolute Gasteiger partial charge is 0.194 e. The van der Waals surface area contributed by atoms with Crippen LogP contribution in [0.2, 0.25) is 0 Å². The third kappa shape index (κ3) is 7.18. The third-order valence-corrected chi connectivity index (χ3v) is 5.64. The van der Waals surface area contributed by atoms with Gasteiger partial charge in [-0.3, -0.25) is 4.99 Å². The van der Waals surface area contributed by atoms with Gasteiger partial charge in [-0.05, 0) is 44.9 Å². The number of nitrogens with zero attached hydrogens (tertiary/aromatic N) is 3. The fourth-order valence-corrected chi connectivity index (χ4v) is 4.16. The van der Waals surface area contributed by atoms with E-state index in [-0.39, 0.29) is 42.0 Å². The summed E-state index contributed by atoms with van der Waals surface area (Å²) in [7, 11) is 0. The summed E-state index contributed by atoms with van der Waals surface area (Å²) in [5.41, 5.74) is 2.08. The fraction of sp³-hybridized carbons (Fsp3) is 0.524. The van der Waals surface area contributed by atoms with Crippen LogP contribution in [-0.4, -0.2) is 48.1 Å². The monoisotopic (exact) mass is 532 g/mol. The first-order valence-corrected chi connectivity index (χ1v) is 10.8. The van der Waals surface area contributed by atoms with E-state index in [1.807, 2.05) is 6.92 Å². The minimum atomic E-state index is -0.227. The molecular formula is C21H30FIN4OS. The Morgan fingerprint density at radius 1 is 1.34 bits per heavy atom. The fourth-order valence-electron chi connectivity index (χ4n) is 3.34. The van der Waals surface area contributed by atoms with Crippen molar-refractivity contribution in [1.82, 2.24) is 15.2 Å². The van der Waals surface area contributed by atoms with Crippen LogP contribution < -0.4 is 5.32 Å². The number of thiazole rings is 1. The van der Waals surface area contributed by atoms with E-state index in [9.17, 15) is 4.39 Å². The Balaban J connectivity index is 0.00000300. The topological polar surface area (TPSA) is 49.8 Å². The second-order valence-corrected chi connectivity index (χ2v) is 8.06. The van der Waals surface area contributed by atoms with E-state index in [4.69, 9.17) is 9.73 Å². The van der Waals surface area contributed by atoms with Crippen molar-refractivity contribution in [1.29, 1.82) is 0 Å². The molecule has 2 aromatic rings. The van der Waals surface area contributed by atoms with Gasteiger partial charge in [-0.25, -0.2) is 9.37 Å². The first-order valence-electron chi connectivity index (χ1n) is 9.90. The van der Waals surface area contributed by atoms with Crippen molar-refractivity contribution >= 4 is 41.3 Å². The molecule has 29 heavy (non-hydrogen) atoms. The highest BCUT2D eigenvalue weighted by atomic mass is 127. The molecule has 0 aliphatic carbocycles. The SMILES string of the molecule is CCNC(=NCCCc1nc(C)cs1)N1CC(C)OC(c2ccc(F)cc2)C1.I. The number of hydrogen-bond acceptors (Lipinski definition) is 4. The number of benzene rings is 1. The average Bonchev–Trinajstić information content (AvgIpc) is 3.09. The molecule has 1 aliphatic rings. The van der Waals surface area contributed by atoms with Gasteiger partial charge >= 0.3 is 0 Å². The summed E-state index contributed by atoms with van der Waals surface area (Å²) >= 11 is 1.72. The molecule has 0 amide bonds. The second kappa shape index (κ2) is 11.8. The van der Waals surface area contributed by atoms with Gasteiger partial charge < -0.3 is 15.0 Å². The molecule has 1 saturated heterocycles. The van der Waals surface area contributed by atoms with Crippen LogP contribution in [0.25, 0.3) is 0 Å². The van der Waals surface area contributed by atoms with E-state index in [0.717, 1.165) is 49.7 Å². The highest BCUT2D eigenvalue weighted by Gasteiger charge is 2.28. The number of aliphatic imine (C=N–C) groups is 1. The number of aryl methyl sites for hydroxylation is 2. The zero-order valence-corrected chi connectivity index (χ0v) is 20.4. The minimum Gasteiger partial charge on any atom is -0.367 e. The maximum atomic E-state index is 13.2. The number of rotatable bonds is 6. The van der Waals surface area contributed by atoms with E-state index < -0.39 is 0 Å². The van der Waals surface area contributed by atoms with E-state index >= 15 is 0 Å². The maximum Gasteiger partial charge on any atom is 0.194 e. The molecule has 2 heterocycles. The third-order valence-electron chi connectivity index (χ3n) is 4.61. The lowest BCUT2D eigenvalue weighted by Crippen LogP contribution is -2.50. The van der Waals surface area contributed by atoms with Crippen molar-refractivity contribution in [3.8, 4) is 0 Å². The van der Waals surface area contributed by atoms with Gasteiger partial charge in [0.2, 0.25) is 0 Å². The summed E-state index contributed by atoms with van der Waals surface area (Å²) in [6.45, 7) is 9.23. The van der Waals surface area contributed by atoms with Crippen molar-refractivity contribution in [3.05, 3.63) is 51.7 Å². The molecule has 0 saturated carbocycles. The van der Waals surface area contributed by atoms with Crippen LogP contribution in [0.15, 0.2) is 34.6 Å². The largest absolute Gasteiger partial charge is 0.367 e. The van der Waals surface area contributed by atoms with Gasteiger partial charge in [0.1, 0.15) is 11.9 Å². The maximum absolute atomic E-state index is 13.2. The van der Waals surface area contributed by atoms with Crippen LogP contribution in [0.3, 0.4) is 0 Å². The van der Waals surface area contributed by atoms with Crippen LogP contribution in [0, 0.1) is 12.7 Å². The van der Waals surface area contributed by atoms with Crippen LogP contribution in [0.4, 0.5) is 4.39 Å². The Morgan fingerprint density at radius 3 is 2.76 bits per heavy atom. The summed E-state index contributed by atoms with van der Waals surface area (Å²) in [6, 6.07) is 6.58. The van der Waals surface area contributed by atoms with E-state index in [0.29, 0.717) is 6.54 Å². The van der Waals surface area contributed by atoms with Crippen LogP contribution in [-0.2, 0) is 11.2 Å². The molecule has 160 valence electrons. The first kappa shape index (κ1) is 24.0. The highest BCUT2D eigenvalue weighted by molar-refractivity contribution is 14.0. The summed E-state index contributed by atoms with van der Waals surface area (Å²) in [6.07, 6.45) is 1.92. The lowest BCUT2D eigenvalue weighted by molar-refractivity contribution is -0.0605. The number of morpholine rings is 1. The van der Waals surface area contributed by atoms with E-state index in [1.165, 1.54) is 17.1 Å². The normalized spacial score (nSPS) is 19.7. The Kier molecular flexibility index (Phi) is 9.78. The van der Waals surface area contributed by atoms with Crippen LogP contribution in [0.1, 0.15) is 42.6 Å². The van der Waals surface area contributed by atoms with E-state index in [1.54, 1.807) is 23.5 Å². The molecule has 2 unspecified atom stereocenters. The van der Waals surface area contributed by atoms with Crippen LogP contribution >= 0.6 is 35.3 Å². The van der Waals surface area contributed by atoms with Gasteiger partial charge in [0.05, 0.1) is 17.7 Å². The quantitative estimate of drug-likeness (QED) is 0.257. The predicted molar refractivity (Wildman–Crippen MR) is 128 cm³/mol. The van der Waals surface area contributed by atoms with E-state index in [2.05, 4.69) is 34.4 Å². The molecule has 0 spiro atoms. The first-order chi connectivity index (χ1) is 13.5. The lowest BCUT2D eigenvalue weighted by atomic mass is 10.1. The van der Waals surface area contributed by atoms with Crippen molar-refractivity contribution < 1.29 is 9.13 Å². The summed E-state index contributed by atoms with van der Waals surface area (Å²) in [5.74, 6) is 0.690. The van der Waals surface area contributed by atoms with Crippen molar-refractivity contribution in [2.24, 2.45) is 4.99 Å². The number of halogens is 2. The molecule has 8 heteroatoms. The molecule has 0 bridgehead atoms. The zero-order chi connectivity index (χ0) is 19.9. The number of hydrogen-bond donors (Lipinski definition) is 1.